The minimum absolute atomic E-state index is 0.106. The molecule has 0 fully saturated rings. The van der Waals surface area contributed by atoms with Crippen molar-refractivity contribution >= 4 is 23.5 Å². The van der Waals surface area contributed by atoms with Crippen LogP contribution in [-0.4, -0.2) is 48.5 Å². The average molecular weight is 394 g/mol. The third kappa shape index (κ3) is 6.60. The topological polar surface area (TPSA) is 61.7 Å². The molecule has 27 heavy (non-hydrogen) atoms. The molecule has 0 aliphatic rings. The van der Waals surface area contributed by atoms with Crippen molar-refractivity contribution in [1.29, 1.82) is 0 Å². The Morgan fingerprint density at radius 1 is 1.26 bits per heavy atom. The number of benzene rings is 1. The lowest BCUT2D eigenvalue weighted by atomic mass is 10.1. The molecule has 0 atom stereocenters. The van der Waals surface area contributed by atoms with Gasteiger partial charge in [0.05, 0.1) is 18.0 Å². The van der Waals surface area contributed by atoms with E-state index in [1.54, 1.807) is 19.2 Å². The van der Waals surface area contributed by atoms with Gasteiger partial charge in [-0.3, -0.25) is 9.79 Å². The first kappa shape index (κ1) is 20.8. The highest BCUT2D eigenvalue weighted by molar-refractivity contribution is 6.30. The Bertz CT molecular complexity index is 788. The van der Waals surface area contributed by atoms with Crippen molar-refractivity contribution in [2.24, 2.45) is 12.0 Å². The van der Waals surface area contributed by atoms with Gasteiger partial charge in [-0.05, 0) is 23.8 Å². The molecule has 8 heteroatoms. The number of carbonyl (C=O) groups excluding carboxylic acids is 1. The molecular weight excluding hydrogens is 369 g/mol. The van der Waals surface area contributed by atoms with E-state index in [2.05, 4.69) is 15.6 Å². The summed E-state index contributed by atoms with van der Waals surface area (Å²) in [7, 11) is 5.59. The normalized spacial score (nSPS) is 11.4. The highest BCUT2D eigenvalue weighted by Crippen LogP contribution is 2.14. The molecule has 0 aliphatic carbocycles. The van der Waals surface area contributed by atoms with Crippen molar-refractivity contribution in [3.05, 3.63) is 58.6 Å². The van der Waals surface area contributed by atoms with Gasteiger partial charge in [0, 0.05) is 46.1 Å². The zero-order valence-corrected chi connectivity index (χ0v) is 16.6. The molecule has 1 aromatic heterocycles. The van der Waals surface area contributed by atoms with Crippen LogP contribution in [0.1, 0.15) is 11.3 Å². The van der Waals surface area contributed by atoms with E-state index in [0.717, 1.165) is 17.2 Å². The van der Waals surface area contributed by atoms with Gasteiger partial charge in [-0.25, -0.2) is 4.39 Å². The van der Waals surface area contributed by atoms with Crippen LogP contribution in [0.3, 0.4) is 0 Å². The first-order valence-electron chi connectivity index (χ1n) is 8.62. The van der Waals surface area contributed by atoms with Crippen LogP contribution in [0.2, 0.25) is 5.02 Å². The second kappa shape index (κ2) is 9.97. The number of aliphatic imine (C=N–C) groups is 1. The number of nitrogens with one attached hydrogen (secondary N) is 2. The van der Waals surface area contributed by atoms with E-state index in [9.17, 15) is 9.18 Å². The molecule has 1 heterocycles. The van der Waals surface area contributed by atoms with Crippen LogP contribution in [0.25, 0.3) is 0 Å². The fraction of sp³-hybridized carbons (Fsp3) is 0.368. The molecule has 2 aromatic rings. The lowest BCUT2D eigenvalue weighted by molar-refractivity contribution is -0.120. The summed E-state index contributed by atoms with van der Waals surface area (Å²) in [6.07, 6.45) is 2.08. The van der Waals surface area contributed by atoms with Crippen molar-refractivity contribution in [2.45, 2.75) is 13.0 Å². The van der Waals surface area contributed by atoms with E-state index >= 15 is 0 Å². The Balaban J connectivity index is 1.73. The molecule has 0 bridgehead atoms. The van der Waals surface area contributed by atoms with E-state index in [0.29, 0.717) is 24.7 Å². The Morgan fingerprint density at radius 3 is 2.52 bits per heavy atom. The smallest absolute Gasteiger partial charge is 0.224 e. The second-order valence-electron chi connectivity index (χ2n) is 6.24. The van der Waals surface area contributed by atoms with Crippen LogP contribution in [0.15, 0.2) is 41.5 Å². The average Bonchev–Trinajstić information content (AvgIpc) is 2.94. The summed E-state index contributed by atoms with van der Waals surface area (Å²) in [6.45, 7) is 1.66. The number of hydrogen-bond donors (Lipinski definition) is 2. The van der Waals surface area contributed by atoms with Crippen LogP contribution in [-0.2, 0) is 24.8 Å². The van der Waals surface area contributed by atoms with Gasteiger partial charge in [0.15, 0.2) is 5.96 Å². The molecule has 1 amide bonds. The summed E-state index contributed by atoms with van der Waals surface area (Å²) in [5.41, 5.74) is 1.84. The maximum Gasteiger partial charge on any atom is 0.224 e. The maximum atomic E-state index is 12.9. The molecule has 6 nitrogen and oxygen atoms in total. The van der Waals surface area contributed by atoms with Gasteiger partial charge < -0.3 is 20.1 Å². The summed E-state index contributed by atoms with van der Waals surface area (Å²) in [6, 6.07) is 7.84. The molecule has 0 aliphatic heterocycles. The van der Waals surface area contributed by atoms with E-state index < -0.39 is 0 Å². The van der Waals surface area contributed by atoms with E-state index in [-0.39, 0.29) is 18.1 Å². The van der Waals surface area contributed by atoms with Gasteiger partial charge in [-0.1, -0.05) is 23.7 Å². The summed E-state index contributed by atoms with van der Waals surface area (Å²) < 4.78 is 14.8. The van der Waals surface area contributed by atoms with Crippen molar-refractivity contribution in [2.75, 3.05) is 27.2 Å². The van der Waals surface area contributed by atoms with Crippen LogP contribution in [0.4, 0.5) is 4.39 Å². The largest absolute Gasteiger partial charge is 0.354 e. The minimum Gasteiger partial charge on any atom is -0.354 e. The predicted molar refractivity (Wildman–Crippen MR) is 106 cm³/mol. The molecule has 2 rings (SSSR count). The molecule has 0 unspecified atom stereocenters. The number of aromatic nitrogens is 1. The molecule has 2 N–H and O–H groups in total. The summed E-state index contributed by atoms with van der Waals surface area (Å²) >= 11 is 6.02. The van der Waals surface area contributed by atoms with Gasteiger partial charge in [0.1, 0.15) is 5.82 Å². The zero-order chi connectivity index (χ0) is 19.8. The lowest BCUT2D eigenvalue weighted by Gasteiger charge is -2.22. The fourth-order valence-corrected chi connectivity index (χ4v) is 2.92. The molecule has 0 spiro atoms. The molecule has 0 saturated carbocycles. The van der Waals surface area contributed by atoms with Gasteiger partial charge >= 0.3 is 0 Å². The number of rotatable bonds is 7. The summed E-state index contributed by atoms with van der Waals surface area (Å²) in [5, 5.41) is 6.75. The van der Waals surface area contributed by atoms with Gasteiger partial charge in [0.2, 0.25) is 5.91 Å². The molecular formula is C19H25ClFN5O. The Morgan fingerprint density at radius 2 is 1.93 bits per heavy atom. The number of halogens is 2. The van der Waals surface area contributed by atoms with Crippen molar-refractivity contribution in [1.82, 2.24) is 20.1 Å². The predicted octanol–water partition coefficient (Wildman–Crippen LogP) is 2.18. The quantitative estimate of drug-likeness (QED) is 0.430. The summed E-state index contributed by atoms with van der Waals surface area (Å²) in [4.78, 5) is 18.2. The van der Waals surface area contributed by atoms with Gasteiger partial charge in [0.25, 0.3) is 0 Å². The minimum atomic E-state index is -0.309. The number of guanidine groups is 1. The van der Waals surface area contributed by atoms with Crippen molar-refractivity contribution in [3.63, 3.8) is 0 Å². The van der Waals surface area contributed by atoms with Crippen molar-refractivity contribution in [3.8, 4) is 0 Å². The Labute approximate surface area is 164 Å². The molecule has 0 saturated heterocycles. The number of aryl methyl sites for hydroxylation is 1. The molecule has 1 aromatic carbocycles. The van der Waals surface area contributed by atoms with E-state index in [4.69, 9.17) is 11.6 Å². The first-order chi connectivity index (χ1) is 12.9. The summed E-state index contributed by atoms with van der Waals surface area (Å²) in [5.74, 6) is 0.307. The number of hydrogen-bond acceptors (Lipinski definition) is 2. The second-order valence-corrected chi connectivity index (χ2v) is 6.68. The number of amides is 1. The standard InChI is InChI=1S/C19H25ClFN5O/c1-22-19(26(3)13-17-11-15(20)12-25(17)2)24-9-8-23-18(27)10-14-4-6-16(21)7-5-14/h4-7,11-12H,8-10,13H2,1-3H3,(H,22,24)(H,23,27). The van der Waals surface area contributed by atoms with Crippen LogP contribution >= 0.6 is 11.6 Å². The third-order valence-electron chi connectivity index (χ3n) is 4.06. The van der Waals surface area contributed by atoms with Crippen LogP contribution in [0, 0.1) is 5.82 Å². The molecule has 146 valence electrons. The molecule has 0 radical (unpaired) electrons. The fourth-order valence-electron chi connectivity index (χ4n) is 2.65. The Kier molecular flexibility index (Phi) is 7.67. The van der Waals surface area contributed by atoms with Gasteiger partial charge in [-0.2, -0.15) is 0 Å². The highest BCUT2D eigenvalue weighted by atomic mass is 35.5. The van der Waals surface area contributed by atoms with E-state index in [1.165, 1.54) is 12.1 Å². The van der Waals surface area contributed by atoms with Crippen molar-refractivity contribution < 1.29 is 9.18 Å². The number of carbonyl (C=O) groups is 1. The van der Waals surface area contributed by atoms with Gasteiger partial charge in [-0.15, -0.1) is 0 Å². The first-order valence-corrected chi connectivity index (χ1v) is 9.00. The maximum absolute atomic E-state index is 12.9. The number of nitrogens with zero attached hydrogens (tertiary/aromatic N) is 3. The monoisotopic (exact) mass is 393 g/mol. The Hall–Kier alpha value is -2.54. The third-order valence-corrected chi connectivity index (χ3v) is 4.26. The van der Waals surface area contributed by atoms with Crippen LogP contribution in [0.5, 0.6) is 0 Å². The van der Waals surface area contributed by atoms with Crippen LogP contribution < -0.4 is 10.6 Å². The SMILES string of the molecule is CN=C(NCCNC(=O)Cc1ccc(F)cc1)N(C)Cc1cc(Cl)cn1C. The highest BCUT2D eigenvalue weighted by Gasteiger charge is 2.10. The van der Waals surface area contributed by atoms with E-state index in [1.807, 2.05) is 35.8 Å². The lowest BCUT2D eigenvalue weighted by Crippen LogP contribution is -2.42. The zero-order valence-electron chi connectivity index (χ0n) is 15.8.